The van der Waals surface area contributed by atoms with Crippen molar-refractivity contribution in [3.63, 3.8) is 0 Å². The van der Waals surface area contributed by atoms with Gasteiger partial charge in [-0.15, -0.1) is 11.3 Å². The second kappa shape index (κ2) is 6.67. The van der Waals surface area contributed by atoms with E-state index in [9.17, 15) is 4.79 Å². The zero-order chi connectivity index (χ0) is 18.3. The van der Waals surface area contributed by atoms with Gasteiger partial charge in [0.05, 0.1) is 12.7 Å². The maximum atomic E-state index is 12.2. The lowest BCUT2D eigenvalue weighted by Crippen LogP contribution is -2.49. The number of hydrogen-bond acceptors (Lipinski definition) is 9. The van der Waals surface area contributed by atoms with Crippen LogP contribution in [0.25, 0.3) is 0 Å². The summed E-state index contributed by atoms with van der Waals surface area (Å²) in [6, 6.07) is 1.58. The number of ether oxygens (including phenoxy) is 1. The molecule has 3 N–H and O–H groups in total. The lowest BCUT2D eigenvalue weighted by molar-refractivity contribution is -0.0466. The van der Waals surface area contributed by atoms with E-state index in [1.54, 1.807) is 30.1 Å². The molecule has 0 unspecified atom stereocenters. The standard InChI is InChI=1S/C16H19N5O3S2/c1-8-3-10-5-26-15(17)20-16(10,7-23-8)14-19-12(6-25-14)18-13(22)11-4-9(2)24-21-11/h4,6,8,10H,3,5,7H2,1-2H3,(H2,17,20)(H,18,22)/t8-,10-,16-/m0/s1. The molecule has 2 aromatic heterocycles. The van der Waals surface area contributed by atoms with Gasteiger partial charge in [-0.3, -0.25) is 4.79 Å². The number of anilines is 1. The number of rotatable bonds is 3. The molecule has 26 heavy (non-hydrogen) atoms. The van der Waals surface area contributed by atoms with Crippen molar-refractivity contribution >= 4 is 40.0 Å². The highest BCUT2D eigenvalue weighted by Gasteiger charge is 2.49. The van der Waals surface area contributed by atoms with Crippen molar-refractivity contribution in [1.82, 2.24) is 10.1 Å². The van der Waals surface area contributed by atoms with Gasteiger partial charge in [0, 0.05) is 23.1 Å². The van der Waals surface area contributed by atoms with E-state index in [4.69, 9.17) is 20.0 Å². The third-order valence-electron chi connectivity index (χ3n) is 4.60. The first-order valence-corrected chi connectivity index (χ1v) is 10.1. The minimum absolute atomic E-state index is 0.192. The van der Waals surface area contributed by atoms with Crippen LogP contribution < -0.4 is 11.1 Å². The smallest absolute Gasteiger partial charge is 0.279 e. The zero-order valence-corrected chi connectivity index (χ0v) is 16.0. The fourth-order valence-electron chi connectivity index (χ4n) is 3.26. The van der Waals surface area contributed by atoms with E-state index >= 15 is 0 Å². The number of aromatic nitrogens is 2. The van der Waals surface area contributed by atoms with Crippen LogP contribution >= 0.6 is 23.1 Å². The summed E-state index contributed by atoms with van der Waals surface area (Å²) >= 11 is 3.03. The predicted molar refractivity (Wildman–Crippen MR) is 101 cm³/mol. The first-order valence-electron chi connectivity index (χ1n) is 8.26. The highest BCUT2D eigenvalue weighted by atomic mass is 32.2. The number of aryl methyl sites for hydroxylation is 1. The fraction of sp³-hybridized carbons (Fsp3) is 0.500. The number of hydrogen-bond donors (Lipinski definition) is 2. The van der Waals surface area contributed by atoms with Crippen LogP contribution in [0.4, 0.5) is 5.82 Å². The number of thioether (sulfide) groups is 1. The summed E-state index contributed by atoms with van der Waals surface area (Å²) in [7, 11) is 0. The van der Waals surface area contributed by atoms with Crippen LogP contribution in [-0.4, -0.2) is 39.7 Å². The maximum absolute atomic E-state index is 12.2. The van der Waals surface area contributed by atoms with E-state index in [1.807, 2.05) is 0 Å². The van der Waals surface area contributed by atoms with E-state index in [1.165, 1.54) is 11.3 Å². The van der Waals surface area contributed by atoms with Crippen molar-refractivity contribution in [2.75, 3.05) is 17.7 Å². The molecule has 0 bridgehead atoms. The molecule has 0 aliphatic carbocycles. The summed E-state index contributed by atoms with van der Waals surface area (Å²) in [5.74, 6) is 1.88. The molecule has 138 valence electrons. The van der Waals surface area contributed by atoms with Crippen LogP contribution in [0.2, 0.25) is 0 Å². The van der Waals surface area contributed by atoms with Crippen molar-refractivity contribution < 1.29 is 14.1 Å². The van der Waals surface area contributed by atoms with Crippen molar-refractivity contribution in [1.29, 1.82) is 0 Å². The molecule has 2 aromatic rings. The normalized spacial score (nSPS) is 28.3. The molecule has 2 aliphatic heterocycles. The second-order valence-corrected chi connectivity index (χ2v) is 8.45. The summed E-state index contributed by atoms with van der Waals surface area (Å²) in [6.45, 7) is 4.25. The van der Waals surface area contributed by atoms with Crippen molar-refractivity contribution in [2.24, 2.45) is 16.6 Å². The number of nitrogens with zero attached hydrogens (tertiary/aromatic N) is 3. The Balaban J connectivity index is 1.59. The van der Waals surface area contributed by atoms with E-state index < -0.39 is 5.54 Å². The number of nitrogens with one attached hydrogen (secondary N) is 1. The Morgan fingerprint density at radius 1 is 1.50 bits per heavy atom. The second-order valence-electron chi connectivity index (χ2n) is 6.55. The minimum Gasteiger partial charge on any atom is -0.379 e. The van der Waals surface area contributed by atoms with Gasteiger partial charge < -0.3 is 20.3 Å². The molecule has 0 aromatic carbocycles. The van der Waals surface area contributed by atoms with Gasteiger partial charge in [0.25, 0.3) is 5.91 Å². The molecule has 0 spiro atoms. The number of nitrogens with two attached hydrogens (primary N) is 1. The molecule has 4 heterocycles. The predicted octanol–water partition coefficient (Wildman–Crippen LogP) is 2.37. The topological polar surface area (TPSA) is 116 Å². The quantitative estimate of drug-likeness (QED) is 0.822. The van der Waals surface area contributed by atoms with Crippen molar-refractivity contribution in [3.8, 4) is 0 Å². The van der Waals surface area contributed by atoms with Crippen LogP contribution in [0.5, 0.6) is 0 Å². The SMILES string of the molecule is Cc1cc(C(=O)Nc2csc([C@]34CO[C@@H](C)C[C@H]3CSC(N)=N4)n2)no1. The summed E-state index contributed by atoms with van der Waals surface area (Å²) in [6.07, 6.45) is 1.10. The Kier molecular flexibility index (Phi) is 4.49. The van der Waals surface area contributed by atoms with Crippen LogP contribution in [0.1, 0.15) is 34.6 Å². The largest absolute Gasteiger partial charge is 0.379 e. The van der Waals surface area contributed by atoms with Gasteiger partial charge >= 0.3 is 0 Å². The molecule has 10 heteroatoms. The van der Waals surface area contributed by atoms with Gasteiger partial charge in [0.1, 0.15) is 22.1 Å². The molecule has 1 fully saturated rings. The average Bonchev–Trinajstić information content (AvgIpc) is 3.24. The summed E-state index contributed by atoms with van der Waals surface area (Å²) in [5, 5.41) is 9.64. The number of amides is 1. The maximum Gasteiger partial charge on any atom is 0.279 e. The lowest BCUT2D eigenvalue weighted by Gasteiger charge is -2.44. The third kappa shape index (κ3) is 3.12. The van der Waals surface area contributed by atoms with Gasteiger partial charge in [-0.05, 0) is 20.3 Å². The molecule has 0 radical (unpaired) electrons. The Hall–Kier alpha value is -1.91. The van der Waals surface area contributed by atoms with Gasteiger partial charge in [0.2, 0.25) is 0 Å². The van der Waals surface area contributed by atoms with Gasteiger partial charge in [-0.25, -0.2) is 9.98 Å². The third-order valence-corrected chi connectivity index (χ3v) is 6.56. The Bertz CT molecular complexity index is 864. The molecule has 0 saturated carbocycles. The lowest BCUT2D eigenvalue weighted by atomic mass is 9.80. The minimum atomic E-state index is -0.569. The summed E-state index contributed by atoms with van der Waals surface area (Å²) in [4.78, 5) is 21.6. The van der Waals surface area contributed by atoms with Gasteiger partial charge in [-0.1, -0.05) is 16.9 Å². The fourth-order valence-corrected chi connectivity index (χ4v) is 5.24. The van der Waals surface area contributed by atoms with E-state index in [-0.39, 0.29) is 17.7 Å². The van der Waals surface area contributed by atoms with E-state index in [2.05, 4.69) is 22.4 Å². The highest BCUT2D eigenvalue weighted by molar-refractivity contribution is 8.13. The molecule has 3 atom stereocenters. The molecular weight excluding hydrogens is 374 g/mol. The van der Waals surface area contributed by atoms with Crippen LogP contribution in [0, 0.1) is 12.8 Å². The van der Waals surface area contributed by atoms with Crippen molar-refractivity contribution in [2.45, 2.75) is 31.9 Å². The summed E-state index contributed by atoms with van der Waals surface area (Å²) < 4.78 is 10.8. The van der Waals surface area contributed by atoms with Gasteiger partial charge in [-0.2, -0.15) is 0 Å². The first kappa shape index (κ1) is 17.5. The van der Waals surface area contributed by atoms with Crippen LogP contribution in [-0.2, 0) is 10.3 Å². The Morgan fingerprint density at radius 3 is 3.12 bits per heavy atom. The Morgan fingerprint density at radius 2 is 2.35 bits per heavy atom. The molecule has 2 aliphatic rings. The van der Waals surface area contributed by atoms with Crippen LogP contribution in [0.15, 0.2) is 21.0 Å². The zero-order valence-electron chi connectivity index (χ0n) is 14.4. The number of amidine groups is 1. The number of carbonyl (C=O) groups excluding carboxylic acids is 1. The highest BCUT2D eigenvalue weighted by Crippen LogP contribution is 2.46. The number of carbonyl (C=O) groups is 1. The molecule has 1 saturated heterocycles. The number of aliphatic imine (C=N–C) groups is 1. The van der Waals surface area contributed by atoms with E-state index in [0.29, 0.717) is 29.3 Å². The molecular formula is C16H19N5O3S2. The molecule has 1 amide bonds. The van der Waals surface area contributed by atoms with Crippen molar-refractivity contribution in [3.05, 3.63) is 27.9 Å². The van der Waals surface area contributed by atoms with E-state index in [0.717, 1.165) is 17.2 Å². The number of fused-ring (bicyclic) bond motifs is 1. The molecule has 4 rings (SSSR count). The monoisotopic (exact) mass is 393 g/mol. The number of thiazole rings is 1. The van der Waals surface area contributed by atoms with Crippen LogP contribution in [0.3, 0.4) is 0 Å². The average molecular weight is 393 g/mol. The first-order chi connectivity index (χ1) is 12.5. The Labute approximate surface area is 158 Å². The summed E-state index contributed by atoms with van der Waals surface area (Å²) in [5.41, 5.74) is 5.66. The van der Waals surface area contributed by atoms with Gasteiger partial charge in [0.15, 0.2) is 10.9 Å². The molecule has 8 nitrogen and oxygen atoms in total.